The van der Waals surface area contributed by atoms with Gasteiger partial charge in [0.1, 0.15) is 0 Å². The normalized spacial score (nSPS) is 23.0. The number of carbonyl (C=O) groups is 2. The van der Waals surface area contributed by atoms with Crippen molar-refractivity contribution >= 4 is 12.0 Å². The Morgan fingerprint density at radius 2 is 1.95 bits per heavy atom. The Kier molecular flexibility index (Phi) is 6.45. The molecular formula is C15H28N2O4. The monoisotopic (exact) mass is 300 g/mol. The molecule has 6 heteroatoms. The maximum absolute atomic E-state index is 12.6. The van der Waals surface area contributed by atoms with Gasteiger partial charge >= 0.3 is 12.0 Å². The van der Waals surface area contributed by atoms with Crippen LogP contribution in [0.5, 0.6) is 0 Å². The van der Waals surface area contributed by atoms with Crippen LogP contribution in [0.1, 0.15) is 52.9 Å². The number of likely N-dealkylation sites (tertiary alicyclic amines) is 1. The summed E-state index contributed by atoms with van der Waals surface area (Å²) in [5, 5.41) is 18.8. The number of urea groups is 1. The number of carboxylic acids is 1. The largest absolute Gasteiger partial charge is 0.481 e. The molecule has 1 fully saturated rings. The Morgan fingerprint density at radius 1 is 1.29 bits per heavy atom. The predicted octanol–water partition coefficient (Wildman–Crippen LogP) is 1.92. The molecule has 1 saturated heterocycles. The third-order valence-corrected chi connectivity index (χ3v) is 3.99. The van der Waals surface area contributed by atoms with Gasteiger partial charge in [-0.25, -0.2) is 4.79 Å². The van der Waals surface area contributed by atoms with E-state index in [1.165, 1.54) is 0 Å². The first-order valence-corrected chi connectivity index (χ1v) is 7.72. The van der Waals surface area contributed by atoms with Crippen LogP contribution in [0.4, 0.5) is 4.79 Å². The Bertz CT molecular complexity index is 369. The first-order chi connectivity index (χ1) is 9.73. The molecule has 0 aromatic rings. The lowest BCUT2D eigenvalue weighted by atomic mass is 9.98. The van der Waals surface area contributed by atoms with Crippen molar-refractivity contribution in [1.82, 2.24) is 9.80 Å². The fourth-order valence-electron chi connectivity index (χ4n) is 2.61. The van der Waals surface area contributed by atoms with Gasteiger partial charge in [0.05, 0.1) is 5.60 Å². The molecule has 2 amide bonds. The zero-order valence-corrected chi connectivity index (χ0v) is 13.3. The van der Waals surface area contributed by atoms with Gasteiger partial charge in [0.15, 0.2) is 0 Å². The van der Waals surface area contributed by atoms with Crippen molar-refractivity contribution in [2.24, 2.45) is 0 Å². The highest BCUT2D eigenvalue weighted by Crippen LogP contribution is 2.22. The maximum Gasteiger partial charge on any atom is 0.320 e. The van der Waals surface area contributed by atoms with Gasteiger partial charge in [-0.05, 0) is 46.5 Å². The van der Waals surface area contributed by atoms with E-state index in [1.807, 2.05) is 20.8 Å². The highest BCUT2D eigenvalue weighted by atomic mass is 16.4. The van der Waals surface area contributed by atoms with Crippen molar-refractivity contribution in [1.29, 1.82) is 0 Å². The number of aliphatic hydroxyl groups is 1. The molecule has 1 aliphatic rings. The number of nitrogens with zero attached hydrogens (tertiary/aromatic N) is 2. The van der Waals surface area contributed by atoms with Crippen molar-refractivity contribution < 1.29 is 19.8 Å². The third kappa shape index (κ3) is 5.91. The van der Waals surface area contributed by atoms with E-state index in [1.54, 1.807) is 9.80 Å². The second kappa shape index (κ2) is 7.64. The minimum atomic E-state index is -0.836. The van der Waals surface area contributed by atoms with E-state index in [9.17, 15) is 14.7 Å². The van der Waals surface area contributed by atoms with Crippen LogP contribution >= 0.6 is 0 Å². The third-order valence-electron chi connectivity index (χ3n) is 3.99. The van der Waals surface area contributed by atoms with Gasteiger partial charge in [-0.3, -0.25) is 4.79 Å². The molecule has 1 rings (SSSR count). The van der Waals surface area contributed by atoms with Gasteiger partial charge < -0.3 is 20.0 Å². The van der Waals surface area contributed by atoms with E-state index in [4.69, 9.17) is 5.11 Å². The molecule has 122 valence electrons. The van der Waals surface area contributed by atoms with Crippen LogP contribution < -0.4 is 0 Å². The molecule has 1 heterocycles. The van der Waals surface area contributed by atoms with E-state index in [0.717, 1.165) is 6.42 Å². The molecular weight excluding hydrogens is 272 g/mol. The molecule has 21 heavy (non-hydrogen) atoms. The number of amides is 2. The fraction of sp³-hybridized carbons (Fsp3) is 0.867. The van der Waals surface area contributed by atoms with Crippen LogP contribution in [0, 0.1) is 0 Å². The van der Waals surface area contributed by atoms with Crippen LogP contribution in [0.25, 0.3) is 0 Å². The summed E-state index contributed by atoms with van der Waals surface area (Å²) < 4.78 is 0. The van der Waals surface area contributed by atoms with Crippen LogP contribution in [0.3, 0.4) is 0 Å². The Labute approximate surface area is 126 Å². The first-order valence-electron chi connectivity index (χ1n) is 7.72. The van der Waals surface area contributed by atoms with E-state index >= 15 is 0 Å². The van der Waals surface area contributed by atoms with Gasteiger partial charge in [-0.2, -0.15) is 0 Å². The number of aliphatic carboxylic acids is 1. The smallest absolute Gasteiger partial charge is 0.320 e. The van der Waals surface area contributed by atoms with Gasteiger partial charge in [-0.1, -0.05) is 0 Å². The summed E-state index contributed by atoms with van der Waals surface area (Å²) in [6.07, 6.45) is 2.62. The van der Waals surface area contributed by atoms with E-state index in [-0.39, 0.29) is 18.5 Å². The number of hydrogen-bond donors (Lipinski definition) is 2. The molecule has 1 aliphatic heterocycles. The van der Waals surface area contributed by atoms with Gasteiger partial charge in [-0.15, -0.1) is 0 Å². The van der Waals surface area contributed by atoms with Crippen molar-refractivity contribution in [3.63, 3.8) is 0 Å². The van der Waals surface area contributed by atoms with Gasteiger partial charge in [0.2, 0.25) is 0 Å². The molecule has 0 radical (unpaired) electrons. The summed E-state index contributed by atoms with van der Waals surface area (Å²) in [6.45, 7) is 7.34. The van der Waals surface area contributed by atoms with Crippen LogP contribution in [0.2, 0.25) is 0 Å². The standard InChI is InChI=1S/C15H28N2O4/c1-12(2)17(10-4-6-13(18)19)14(20)16-9-5-7-15(3,21)8-11-16/h12,21H,4-11H2,1-3H3,(H,18,19). The van der Waals surface area contributed by atoms with Crippen molar-refractivity contribution in [2.75, 3.05) is 19.6 Å². The summed E-state index contributed by atoms with van der Waals surface area (Å²) >= 11 is 0. The molecule has 6 nitrogen and oxygen atoms in total. The van der Waals surface area contributed by atoms with E-state index in [0.29, 0.717) is 38.9 Å². The van der Waals surface area contributed by atoms with Crippen molar-refractivity contribution in [3.8, 4) is 0 Å². The quantitative estimate of drug-likeness (QED) is 0.813. The Morgan fingerprint density at radius 3 is 2.52 bits per heavy atom. The van der Waals surface area contributed by atoms with Gasteiger partial charge in [0.25, 0.3) is 0 Å². The summed E-state index contributed by atoms with van der Waals surface area (Å²) in [7, 11) is 0. The topological polar surface area (TPSA) is 81.1 Å². The lowest BCUT2D eigenvalue weighted by molar-refractivity contribution is -0.137. The maximum atomic E-state index is 12.6. The molecule has 2 N–H and O–H groups in total. The van der Waals surface area contributed by atoms with Crippen molar-refractivity contribution in [3.05, 3.63) is 0 Å². The average molecular weight is 300 g/mol. The first kappa shape index (κ1) is 17.8. The lowest BCUT2D eigenvalue weighted by Gasteiger charge is -2.33. The van der Waals surface area contributed by atoms with E-state index in [2.05, 4.69) is 0 Å². The number of hydrogen-bond acceptors (Lipinski definition) is 3. The molecule has 0 aromatic heterocycles. The molecule has 0 bridgehead atoms. The zero-order valence-electron chi connectivity index (χ0n) is 13.3. The average Bonchev–Trinajstić information content (AvgIpc) is 2.54. The molecule has 0 saturated carbocycles. The summed E-state index contributed by atoms with van der Waals surface area (Å²) in [6, 6.07) is -0.0110. The van der Waals surface area contributed by atoms with E-state index < -0.39 is 11.6 Å². The summed E-state index contributed by atoms with van der Waals surface area (Å²) in [5.74, 6) is -0.836. The number of carbonyl (C=O) groups excluding carboxylic acids is 1. The second-order valence-corrected chi connectivity index (χ2v) is 6.40. The second-order valence-electron chi connectivity index (χ2n) is 6.40. The predicted molar refractivity (Wildman–Crippen MR) is 80.2 cm³/mol. The van der Waals surface area contributed by atoms with Gasteiger partial charge in [0, 0.05) is 32.1 Å². The number of carboxylic acid groups (broad SMARTS) is 1. The Balaban J connectivity index is 2.61. The lowest BCUT2D eigenvalue weighted by Crippen LogP contribution is -2.47. The van der Waals surface area contributed by atoms with Crippen molar-refractivity contribution in [2.45, 2.75) is 64.5 Å². The fourth-order valence-corrected chi connectivity index (χ4v) is 2.61. The molecule has 0 aliphatic carbocycles. The summed E-state index contributed by atoms with van der Waals surface area (Å²) in [4.78, 5) is 26.7. The molecule has 0 spiro atoms. The van der Waals surface area contributed by atoms with Crippen LogP contribution in [-0.2, 0) is 4.79 Å². The zero-order chi connectivity index (χ0) is 16.0. The molecule has 1 unspecified atom stereocenters. The highest BCUT2D eigenvalue weighted by molar-refractivity contribution is 5.75. The highest BCUT2D eigenvalue weighted by Gasteiger charge is 2.29. The Hall–Kier alpha value is -1.30. The molecule has 0 aromatic carbocycles. The van der Waals surface area contributed by atoms with Crippen LogP contribution in [0.15, 0.2) is 0 Å². The van der Waals surface area contributed by atoms with Crippen LogP contribution in [-0.4, -0.2) is 63.3 Å². The summed E-state index contributed by atoms with van der Waals surface area (Å²) in [5.41, 5.74) is -0.693. The minimum absolute atomic E-state index is 0.0371. The SMILES string of the molecule is CC(C)N(CCCC(=O)O)C(=O)N1CCCC(C)(O)CC1. The number of rotatable bonds is 5. The molecule has 1 atom stereocenters. The minimum Gasteiger partial charge on any atom is -0.481 e.